The summed E-state index contributed by atoms with van der Waals surface area (Å²) < 4.78 is 9.18. The van der Waals surface area contributed by atoms with Crippen LogP contribution in [0.15, 0.2) is 218 Å². The van der Waals surface area contributed by atoms with Crippen molar-refractivity contribution >= 4 is 21.8 Å². The van der Waals surface area contributed by atoms with Crippen LogP contribution in [0.2, 0.25) is 0 Å². The molecular formula is C58H36N4O. The molecule has 63 heavy (non-hydrogen) atoms. The third-order valence-electron chi connectivity index (χ3n) is 12.9. The van der Waals surface area contributed by atoms with E-state index in [9.17, 15) is 0 Å². The van der Waals surface area contributed by atoms with Crippen LogP contribution in [0.4, 0.5) is 0 Å². The first-order chi connectivity index (χ1) is 31.2. The molecule has 2 aromatic heterocycles. The molecule has 0 radical (unpaired) electrons. The molecule has 0 N–H and O–H groups in total. The molecule has 3 heterocycles. The van der Waals surface area contributed by atoms with Gasteiger partial charge in [0.05, 0.1) is 16.4 Å². The molecule has 11 aromatic rings. The maximum atomic E-state index is 6.77. The summed E-state index contributed by atoms with van der Waals surface area (Å²) in [6.07, 6.45) is 0. The lowest BCUT2D eigenvalue weighted by Gasteiger charge is -2.39. The van der Waals surface area contributed by atoms with Crippen LogP contribution in [0.5, 0.6) is 11.5 Å². The lowest BCUT2D eigenvalue weighted by atomic mass is 9.66. The number of para-hydroxylation sites is 4. The van der Waals surface area contributed by atoms with Crippen LogP contribution in [0.1, 0.15) is 22.3 Å². The molecule has 0 fully saturated rings. The van der Waals surface area contributed by atoms with Crippen LogP contribution in [-0.2, 0) is 5.41 Å². The van der Waals surface area contributed by atoms with Crippen molar-refractivity contribution in [2.45, 2.75) is 5.41 Å². The monoisotopic (exact) mass is 804 g/mol. The van der Waals surface area contributed by atoms with Gasteiger partial charge in [0, 0.05) is 44.3 Å². The fourth-order valence-corrected chi connectivity index (χ4v) is 10.2. The Hall–Kier alpha value is -8.41. The fourth-order valence-electron chi connectivity index (χ4n) is 10.2. The van der Waals surface area contributed by atoms with Gasteiger partial charge in [-0.1, -0.05) is 176 Å². The molecule has 0 bridgehead atoms. The predicted octanol–water partition coefficient (Wildman–Crippen LogP) is 14.1. The highest BCUT2D eigenvalue weighted by Gasteiger charge is 2.52. The van der Waals surface area contributed by atoms with Crippen LogP contribution in [0.3, 0.4) is 0 Å². The molecule has 1 aliphatic carbocycles. The van der Waals surface area contributed by atoms with Crippen molar-refractivity contribution in [3.05, 3.63) is 241 Å². The van der Waals surface area contributed by atoms with E-state index in [1.54, 1.807) is 0 Å². The second kappa shape index (κ2) is 13.8. The molecule has 2 aliphatic rings. The third-order valence-corrected chi connectivity index (χ3v) is 12.9. The quantitative estimate of drug-likeness (QED) is 0.174. The maximum Gasteiger partial charge on any atom is 0.164 e. The Balaban J connectivity index is 1.13. The largest absolute Gasteiger partial charge is 0.457 e. The summed E-state index contributed by atoms with van der Waals surface area (Å²) in [5.74, 6) is 3.54. The highest BCUT2D eigenvalue weighted by molar-refractivity contribution is 6.13. The number of hydrogen-bond donors (Lipinski definition) is 0. The average molecular weight is 805 g/mol. The van der Waals surface area contributed by atoms with Gasteiger partial charge in [-0.15, -0.1) is 0 Å². The molecule has 0 atom stereocenters. The first-order valence-electron chi connectivity index (χ1n) is 21.4. The van der Waals surface area contributed by atoms with Crippen molar-refractivity contribution in [2.75, 3.05) is 0 Å². The van der Waals surface area contributed by atoms with E-state index in [1.807, 2.05) is 24.3 Å². The zero-order chi connectivity index (χ0) is 41.5. The average Bonchev–Trinajstić information content (AvgIpc) is 3.84. The number of hydrogen-bond acceptors (Lipinski definition) is 4. The molecule has 0 saturated carbocycles. The maximum absolute atomic E-state index is 6.77. The van der Waals surface area contributed by atoms with Gasteiger partial charge in [-0.05, 0) is 75.8 Å². The normalized spacial score (nSPS) is 13.0. The van der Waals surface area contributed by atoms with E-state index in [0.29, 0.717) is 17.5 Å². The lowest BCUT2D eigenvalue weighted by molar-refractivity contribution is 0.436. The Kier molecular flexibility index (Phi) is 7.75. The number of ether oxygens (including phenoxy) is 1. The van der Waals surface area contributed by atoms with Crippen molar-refractivity contribution in [2.24, 2.45) is 0 Å². The fraction of sp³-hybridized carbons (Fsp3) is 0.0172. The summed E-state index contributed by atoms with van der Waals surface area (Å²) >= 11 is 0. The molecule has 0 saturated heterocycles. The van der Waals surface area contributed by atoms with Gasteiger partial charge in [0.25, 0.3) is 0 Å². The minimum atomic E-state index is -0.719. The second-order valence-electron chi connectivity index (χ2n) is 16.3. The topological polar surface area (TPSA) is 52.8 Å². The number of fused-ring (bicyclic) bond motifs is 12. The first kappa shape index (κ1) is 35.4. The van der Waals surface area contributed by atoms with E-state index in [4.69, 9.17) is 19.7 Å². The van der Waals surface area contributed by atoms with Crippen LogP contribution in [-0.4, -0.2) is 19.5 Å². The number of benzene rings is 9. The number of nitrogens with zero attached hydrogens (tertiary/aromatic N) is 4. The minimum Gasteiger partial charge on any atom is -0.457 e. The molecule has 1 aliphatic heterocycles. The summed E-state index contributed by atoms with van der Waals surface area (Å²) in [7, 11) is 0. The molecular weight excluding hydrogens is 769 g/mol. The molecule has 5 nitrogen and oxygen atoms in total. The molecule has 294 valence electrons. The van der Waals surface area contributed by atoms with Crippen molar-refractivity contribution in [3.63, 3.8) is 0 Å². The van der Waals surface area contributed by atoms with Gasteiger partial charge in [-0.3, -0.25) is 0 Å². The second-order valence-corrected chi connectivity index (χ2v) is 16.3. The van der Waals surface area contributed by atoms with E-state index in [2.05, 4.69) is 199 Å². The Morgan fingerprint density at radius 2 is 0.873 bits per heavy atom. The summed E-state index contributed by atoms with van der Waals surface area (Å²) in [5.41, 5.74) is 14.6. The summed E-state index contributed by atoms with van der Waals surface area (Å²) in [5, 5.41) is 2.37. The van der Waals surface area contributed by atoms with E-state index in [0.717, 1.165) is 83.9 Å². The Morgan fingerprint density at radius 3 is 1.57 bits per heavy atom. The molecule has 5 heteroatoms. The first-order valence-corrected chi connectivity index (χ1v) is 21.4. The van der Waals surface area contributed by atoms with Crippen molar-refractivity contribution in [3.8, 4) is 73.6 Å². The molecule has 0 unspecified atom stereocenters. The van der Waals surface area contributed by atoms with E-state index < -0.39 is 5.41 Å². The van der Waals surface area contributed by atoms with Gasteiger partial charge in [0.2, 0.25) is 0 Å². The van der Waals surface area contributed by atoms with E-state index in [1.165, 1.54) is 16.3 Å². The minimum absolute atomic E-state index is 0.617. The summed E-state index contributed by atoms with van der Waals surface area (Å²) in [6.45, 7) is 0. The van der Waals surface area contributed by atoms with E-state index >= 15 is 0 Å². The zero-order valence-electron chi connectivity index (χ0n) is 34.0. The Morgan fingerprint density at radius 1 is 0.349 bits per heavy atom. The van der Waals surface area contributed by atoms with Gasteiger partial charge in [0.15, 0.2) is 17.5 Å². The standard InChI is InChI=1S/C58H36N4O/c1-4-17-37(18-5-1)38-31-33-40(34-32-38)56-59-55(39-19-6-2-7-20-39)60-57(61-56)43-24-16-27-48-54(43)45-35-44-42-23-10-13-28-50(42)62(41-21-8-3-9-22-41)51(44)36-49(45)58(48)46-25-11-14-29-52(46)63-53-30-15-12-26-47(53)58/h1-36H. The van der Waals surface area contributed by atoms with Crippen LogP contribution >= 0.6 is 0 Å². The zero-order valence-corrected chi connectivity index (χ0v) is 34.0. The molecule has 1 spiro atoms. The van der Waals surface area contributed by atoms with Crippen LogP contribution in [0, 0.1) is 0 Å². The Bertz CT molecular complexity index is 3530. The predicted molar refractivity (Wildman–Crippen MR) is 253 cm³/mol. The SMILES string of the molecule is c1ccc(-c2ccc(-c3nc(-c4ccccc4)nc(-c4cccc5c4-c4cc6c7ccccc7n(-c7ccccc7)c6cc4C54c5ccccc5Oc5ccccc54)n3)cc2)cc1. The highest BCUT2D eigenvalue weighted by Crippen LogP contribution is 2.64. The summed E-state index contributed by atoms with van der Waals surface area (Å²) in [6, 6.07) is 77.2. The lowest BCUT2D eigenvalue weighted by Crippen LogP contribution is -2.32. The van der Waals surface area contributed by atoms with Gasteiger partial charge in [0.1, 0.15) is 11.5 Å². The van der Waals surface area contributed by atoms with E-state index in [-0.39, 0.29) is 0 Å². The Labute approximate surface area is 364 Å². The van der Waals surface area contributed by atoms with Crippen molar-refractivity contribution in [1.82, 2.24) is 19.5 Å². The van der Waals surface area contributed by atoms with Gasteiger partial charge < -0.3 is 9.30 Å². The van der Waals surface area contributed by atoms with Crippen LogP contribution in [0.25, 0.3) is 83.9 Å². The molecule has 9 aromatic carbocycles. The van der Waals surface area contributed by atoms with Gasteiger partial charge >= 0.3 is 0 Å². The van der Waals surface area contributed by atoms with Crippen molar-refractivity contribution < 1.29 is 4.74 Å². The number of aromatic nitrogens is 4. The molecule has 13 rings (SSSR count). The van der Waals surface area contributed by atoms with Gasteiger partial charge in [-0.2, -0.15) is 0 Å². The smallest absolute Gasteiger partial charge is 0.164 e. The third kappa shape index (κ3) is 5.27. The van der Waals surface area contributed by atoms with Gasteiger partial charge in [-0.25, -0.2) is 15.0 Å². The number of rotatable bonds is 5. The van der Waals surface area contributed by atoms with Crippen LogP contribution < -0.4 is 4.74 Å². The highest BCUT2D eigenvalue weighted by atomic mass is 16.5. The summed E-state index contributed by atoms with van der Waals surface area (Å²) in [4.78, 5) is 15.9. The van der Waals surface area contributed by atoms with Crippen molar-refractivity contribution in [1.29, 1.82) is 0 Å². The molecule has 0 amide bonds.